The third kappa shape index (κ3) is 7.45. The fourth-order valence-corrected chi connectivity index (χ4v) is 4.18. The number of methoxy groups -OCH3 is 1. The summed E-state index contributed by atoms with van der Waals surface area (Å²) in [5.74, 6) is 0.812. The highest BCUT2D eigenvalue weighted by atomic mass is 16.5. The summed E-state index contributed by atoms with van der Waals surface area (Å²) in [7, 11) is 1.70. The number of benzene rings is 2. The van der Waals surface area contributed by atoms with Gasteiger partial charge >= 0.3 is 0 Å². The van der Waals surface area contributed by atoms with Crippen LogP contribution in [0.4, 0.5) is 0 Å². The lowest BCUT2D eigenvalue weighted by molar-refractivity contribution is -0.117. The molecule has 1 N–H and O–H groups in total. The Kier molecular flexibility index (Phi) is 9.49. The molecule has 1 aromatic heterocycles. The van der Waals surface area contributed by atoms with Gasteiger partial charge in [-0.05, 0) is 90.8 Å². The fraction of sp³-hybridized carbons (Fsp3) is 0.379. The van der Waals surface area contributed by atoms with Crippen molar-refractivity contribution in [2.45, 2.75) is 64.8 Å². The number of unbranched alkanes of at least 4 members (excludes halogenated alkanes) is 2. The van der Waals surface area contributed by atoms with Crippen LogP contribution in [0.5, 0.6) is 5.75 Å². The van der Waals surface area contributed by atoms with E-state index in [1.165, 1.54) is 34.7 Å². The molecular weight excluding hydrogens is 408 g/mol. The number of fused-ring (bicyclic) bond motifs is 1. The molecule has 0 saturated carbocycles. The summed E-state index contributed by atoms with van der Waals surface area (Å²) in [5, 5.41) is 5.51. The number of nitrogens with zero attached hydrogens (tertiary/aromatic N) is 1. The molecule has 0 radical (unpaired) electrons. The van der Waals surface area contributed by atoms with Crippen molar-refractivity contribution in [3.63, 3.8) is 0 Å². The number of rotatable bonds is 12. The number of nitrogens with one attached hydrogen (secondary N) is 1. The number of amides is 1. The molecule has 0 aliphatic rings. The first-order valence-corrected chi connectivity index (χ1v) is 12.1. The van der Waals surface area contributed by atoms with Crippen LogP contribution >= 0.6 is 0 Å². The zero-order chi connectivity index (χ0) is 23.5. The second-order valence-corrected chi connectivity index (χ2v) is 8.67. The van der Waals surface area contributed by atoms with Gasteiger partial charge < -0.3 is 10.1 Å². The Bertz CT molecular complexity index is 1060. The summed E-state index contributed by atoms with van der Waals surface area (Å²) >= 11 is 0. The predicted molar refractivity (Wildman–Crippen MR) is 138 cm³/mol. The van der Waals surface area contributed by atoms with Gasteiger partial charge in [0.2, 0.25) is 5.91 Å². The van der Waals surface area contributed by atoms with Crippen molar-refractivity contribution < 1.29 is 9.53 Å². The summed E-state index contributed by atoms with van der Waals surface area (Å²) < 4.78 is 5.46. The molecule has 0 saturated heterocycles. The SMILES string of the molecule is CCCCCc1c(/C=C/C(=O)NC(C)CCCc2cccnc2)ccc2ccc(OC)cc12. The monoisotopic (exact) mass is 444 g/mol. The molecule has 0 aliphatic carbocycles. The van der Waals surface area contributed by atoms with Crippen LogP contribution in [0.15, 0.2) is 60.9 Å². The van der Waals surface area contributed by atoms with E-state index in [1.807, 2.05) is 24.4 Å². The average Bonchev–Trinajstić information content (AvgIpc) is 2.83. The van der Waals surface area contributed by atoms with Gasteiger partial charge in [0.25, 0.3) is 0 Å². The molecule has 0 spiro atoms. The van der Waals surface area contributed by atoms with Crippen LogP contribution in [0.1, 0.15) is 62.6 Å². The van der Waals surface area contributed by atoms with Gasteiger partial charge in [0, 0.05) is 24.5 Å². The van der Waals surface area contributed by atoms with Crippen LogP contribution < -0.4 is 10.1 Å². The molecule has 4 nitrogen and oxygen atoms in total. The zero-order valence-corrected chi connectivity index (χ0v) is 20.1. The highest BCUT2D eigenvalue weighted by Gasteiger charge is 2.09. The minimum atomic E-state index is -0.0471. The third-order valence-corrected chi connectivity index (χ3v) is 6.04. The molecule has 1 heterocycles. The Hall–Kier alpha value is -3.14. The molecule has 4 heteroatoms. The highest BCUT2D eigenvalue weighted by molar-refractivity contribution is 5.94. The Morgan fingerprint density at radius 1 is 1.12 bits per heavy atom. The minimum absolute atomic E-state index is 0.0471. The maximum absolute atomic E-state index is 12.6. The molecule has 0 aliphatic heterocycles. The first-order chi connectivity index (χ1) is 16.1. The molecule has 1 atom stereocenters. The van der Waals surface area contributed by atoms with E-state index < -0.39 is 0 Å². The van der Waals surface area contributed by atoms with Crippen molar-refractivity contribution in [3.05, 3.63) is 77.6 Å². The van der Waals surface area contributed by atoms with Gasteiger partial charge in [-0.1, -0.05) is 44.0 Å². The molecule has 174 valence electrons. The normalized spacial score (nSPS) is 12.2. The Morgan fingerprint density at radius 2 is 1.97 bits per heavy atom. The standard InChI is InChI=1S/C29H36N2O2/c1-4-5-6-12-27-24(13-14-25-15-17-26(33-3)20-28(25)27)16-18-29(32)31-22(2)9-7-10-23-11-8-19-30-21-23/h8,11,13-22H,4-7,9-10,12H2,1-3H3,(H,31,32)/b18-16+. The number of hydrogen-bond acceptors (Lipinski definition) is 3. The van der Waals surface area contributed by atoms with E-state index in [0.29, 0.717) is 0 Å². The highest BCUT2D eigenvalue weighted by Crippen LogP contribution is 2.29. The Balaban J connectivity index is 1.65. The van der Waals surface area contributed by atoms with Crippen molar-refractivity contribution in [1.82, 2.24) is 10.3 Å². The lowest BCUT2D eigenvalue weighted by atomic mass is 9.94. The van der Waals surface area contributed by atoms with Gasteiger partial charge in [0.1, 0.15) is 5.75 Å². The summed E-state index contributed by atoms with van der Waals surface area (Å²) in [6.07, 6.45) is 14.8. The molecule has 2 aromatic carbocycles. The van der Waals surface area contributed by atoms with Gasteiger partial charge in [-0.3, -0.25) is 9.78 Å². The number of carbonyl (C=O) groups excluding carboxylic acids is 1. The predicted octanol–water partition coefficient (Wildman–Crippen LogP) is 6.52. The second-order valence-electron chi connectivity index (χ2n) is 8.67. The third-order valence-electron chi connectivity index (χ3n) is 6.04. The number of hydrogen-bond donors (Lipinski definition) is 1. The summed E-state index contributed by atoms with van der Waals surface area (Å²) in [5.41, 5.74) is 3.62. The molecule has 0 fully saturated rings. The summed E-state index contributed by atoms with van der Waals surface area (Å²) in [6.45, 7) is 4.28. The maximum atomic E-state index is 12.6. The van der Waals surface area contributed by atoms with E-state index >= 15 is 0 Å². The summed E-state index contributed by atoms with van der Waals surface area (Å²) in [6, 6.07) is 14.6. The number of pyridine rings is 1. The van der Waals surface area contributed by atoms with Crippen molar-refractivity contribution in [3.8, 4) is 5.75 Å². The van der Waals surface area contributed by atoms with Crippen LogP contribution in [0.2, 0.25) is 0 Å². The van der Waals surface area contributed by atoms with E-state index in [-0.39, 0.29) is 11.9 Å². The first kappa shape index (κ1) is 24.5. The fourth-order valence-electron chi connectivity index (χ4n) is 4.18. The van der Waals surface area contributed by atoms with Crippen LogP contribution in [0, 0.1) is 0 Å². The zero-order valence-electron chi connectivity index (χ0n) is 20.1. The molecule has 1 unspecified atom stereocenters. The molecule has 0 bridgehead atoms. The van der Waals surface area contributed by atoms with Crippen LogP contribution in [-0.4, -0.2) is 24.0 Å². The van der Waals surface area contributed by atoms with Crippen molar-refractivity contribution in [2.24, 2.45) is 0 Å². The smallest absolute Gasteiger partial charge is 0.244 e. The van der Waals surface area contributed by atoms with Crippen LogP contribution in [0.25, 0.3) is 16.8 Å². The number of aryl methyl sites for hydroxylation is 2. The van der Waals surface area contributed by atoms with Gasteiger partial charge in [0.05, 0.1) is 7.11 Å². The van der Waals surface area contributed by atoms with Crippen LogP contribution in [-0.2, 0) is 17.6 Å². The minimum Gasteiger partial charge on any atom is -0.497 e. The molecule has 3 rings (SSSR count). The van der Waals surface area contributed by atoms with Crippen molar-refractivity contribution >= 4 is 22.8 Å². The van der Waals surface area contributed by atoms with E-state index in [1.54, 1.807) is 19.4 Å². The van der Waals surface area contributed by atoms with Gasteiger partial charge in [-0.2, -0.15) is 0 Å². The molecule has 33 heavy (non-hydrogen) atoms. The summed E-state index contributed by atoms with van der Waals surface area (Å²) in [4.78, 5) is 16.7. The van der Waals surface area contributed by atoms with Crippen molar-refractivity contribution in [2.75, 3.05) is 7.11 Å². The van der Waals surface area contributed by atoms with E-state index in [0.717, 1.165) is 43.4 Å². The maximum Gasteiger partial charge on any atom is 0.244 e. The van der Waals surface area contributed by atoms with E-state index in [9.17, 15) is 4.79 Å². The molecular formula is C29H36N2O2. The average molecular weight is 445 g/mol. The lowest BCUT2D eigenvalue weighted by Crippen LogP contribution is -2.31. The second kappa shape index (κ2) is 12.8. The molecule has 3 aromatic rings. The van der Waals surface area contributed by atoms with E-state index in [2.05, 4.69) is 54.5 Å². The number of aromatic nitrogens is 1. The Morgan fingerprint density at radius 3 is 2.73 bits per heavy atom. The van der Waals surface area contributed by atoms with Gasteiger partial charge in [-0.25, -0.2) is 0 Å². The first-order valence-electron chi connectivity index (χ1n) is 12.1. The van der Waals surface area contributed by atoms with Gasteiger partial charge in [-0.15, -0.1) is 0 Å². The molecule has 1 amide bonds. The lowest BCUT2D eigenvalue weighted by Gasteiger charge is -2.13. The Labute approximate surface area is 198 Å². The van der Waals surface area contributed by atoms with Gasteiger partial charge in [0.15, 0.2) is 0 Å². The van der Waals surface area contributed by atoms with E-state index in [4.69, 9.17) is 4.74 Å². The number of carbonyl (C=O) groups is 1. The van der Waals surface area contributed by atoms with Crippen molar-refractivity contribution in [1.29, 1.82) is 0 Å². The quantitative estimate of drug-likeness (QED) is 0.256. The largest absolute Gasteiger partial charge is 0.497 e. The van der Waals surface area contributed by atoms with Crippen LogP contribution in [0.3, 0.4) is 0 Å². The topological polar surface area (TPSA) is 51.2 Å². The number of ether oxygens (including phenoxy) is 1.